The van der Waals surface area contributed by atoms with E-state index in [9.17, 15) is 4.79 Å². The number of amides is 1. The molecule has 15 heavy (non-hydrogen) atoms. The molecule has 0 spiro atoms. The minimum atomic E-state index is -0.153. The van der Waals surface area contributed by atoms with Crippen molar-refractivity contribution >= 4 is 5.91 Å². The van der Waals surface area contributed by atoms with Gasteiger partial charge in [-0.1, -0.05) is 13.8 Å². The van der Waals surface area contributed by atoms with E-state index in [4.69, 9.17) is 4.74 Å². The van der Waals surface area contributed by atoms with E-state index in [1.807, 2.05) is 6.92 Å². The van der Waals surface area contributed by atoms with Gasteiger partial charge in [-0.2, -0.15) is 0 Å². The number of carbonyl (C=O) groups excluding carboxylic acids is 1. The Kier molecular flexibility index (Phi) is 7.34. The monoisotopic (exact) mass is 216 g/mol. The fourth-order valence-corrected chi connectivity index (χ4v) is 1.09. The summed E-state index contributed by atoms with van der Waals surface area (Å²) in [7, 11) is 1.62. The van der Waals surface area contributed by atoms with Crippen LogP contribution >= 0.6 is 0 Å². The highest BCUT2D eigenvalue weighted by Gasteiger charge is 2.16. The maximum Gasteiger partial charge on any atom is 0.236 e. The van der Waals surface area contributed by atoms with Crippen LogP contribution in [-0.2, 0) is 9.53 Å². The zero-order valence-corrected chi connectivity index (χ0v) is 10.5. The van der Waals surface area contributed by atoms with Crippen LogP contribution in [0.5, 0.6) is 0 Å². The first-order valence-corrected chi connectivity index (χ1v) is 5.51. The molecule has 0 aromatic carbocycles. The molecule has 0 saturated carbocycles. The smallest absolute Gasteiger partial charge is 0.236 e. The van der Waals surface area contributed by atoms with Crippen molar-refractivity contribution in [2.45, 2.75) is 39.8 Å². The molecule has 0 aromatic heterocycles. The number of hydrogen-bond acceptors (Lipinski definition) is 3. The second kappa shape index (κ2) is 7.65. The van der Waals surface area contributed by atoms with E-state index in [0.717, 1.165) is 0 Å². The average Bonchev–Trinajstić information content (AvgIpc) is 2.17. The topological polar surface area (TPSA) is 50.4 Å². The van der Waals surface area contributed by atoms with Crippen LogP contribution in [0.1, 0.15) is 27.7 Å². The normalized spacial score (nSPS) is 15.1. The molecule has 90 valence electrons. The van der Waals surface area contributed by atoms with Crippen molar-refractivity contribution in [3.05, 3.63) is 0 Å². The summed E-state index contributed by atoms with van der Waals surface area (Å²) in [6, 6.07) is 0.187. The van der Waals surface area contributed by atoms with Crippen molar-refractivity contribution in [3.63, 3.8) is 0 Å². The van der Waals surface area contributed by atoms with E-state index in [2.05, 4.69) is 31.4 Å². The van der Waals surface area contributed by atoms with Gasteiger partial charge in [0.1, 0.15) is 0 Å². The van der Waals surface area contributed by atoms with Crippen LogP contribution in [0.3, 0.4) is 0 Å². The molecule has 0 rings (SSSR count). The molecule has 0 aliphatic heterocycles. The van der Waals surface area contributed by atoms with Crippen LogP contribution in [0, 0.1) is 5.92 Å². The van der Waals surface area contributed by atoms with Crippen LogP contribution < -0.4 is 10.6 Å². The molecular weight excluding hydrogens is 192 g/mol. The first-order valence-electron chi connectivity index (χ1n) is 5.51. The molecular formula is C11H24N2O2. The number of hydrogen-bond donors (Lipinski definition) is 2. The minimum absolute atomic E-state index is 0.0274. The molecule has 1 amide bonds. The lowest BCUT2D eigenvalue weighted by Crippen LogP contribution is -2.47. The summed E-state index contributed by atoms with van der Waals surface area (Å²) in [4.78, 5) is 11.5. The molecule has 2 atom stereocenters. The summed E-state index contributed by atoms with van der Waals surface area (Å²) in [6.45, 7) is 9.35. The van der Waals surface area contributed by atoms with Crippen molar-refractivity contribution in [1.29, 1.82) is 0 Å². The second-order valence-electron chi connectivity index (χ2n) is 4.20. The highest BCUT2D eigenvalue weighted by molar-refractivity contribution is 5.81. The van der Waals surface area contributed by atoms with Crippen molar-refractivity contribution < 1.29 is 9.53 Å². The summed E-state index contributed by atoms with van der Waals surface area (Å²) in [5.74, 6) is 0.554. The lowest BCUT2D eigenvalue weighted by molar-refractivity contribution is -0.123. The average molecular weight is 216 g/mol. The van der Waals surface area contributed by atoms with Crippen LogP contribution in [0.4, 0.5) is 0 Å². The predicted molar refractivity (Wildman–Crippen MR) is 61.8 cm³/mol. The molecule has 0 fully saturated rings. The minimum Gasteiger partial charge on any atom is -0.383 e. The maximum atomic E-state index is 11.5. The Balaban J connectivity index is 3.78. The number of rotatable bonds is 7. The van der Waals surface area contributed by atoms with Crippen LogP contribution in [0.25, 0.3) is 0 Å². The summed E-state index contributed by atoms with van der Waals surface area (Å²) >= 11 is 0. The van der Waals surface area contributed by atoms with E-state index in [-0.39, 0.29) is 11.9 Å². The fourth-order valence-electron chi connectivity index (χ4n) is 1.09. The molecule has 0 radical (unpaired) electrons. The third-order valence-electron chi connectivity index (χ3n) is 2.51. The first kappa shape index (κ1) is 14.4. The molecule has 0 heterocycles. The molecule has 0 aliphatic rings. The number of methoxy groups -OCH3 is 1. The van der Waals surface area contributed by atoms with E-state index < -0.39 is 0 Å². The third kappa shape index (κ3) is 6.47. The van der Waals surface area contributed by atoms with Gasteiger partial charge in [0.25, 0.3) is 0 Å². The Morgan fingerprint density at radius 1 is 1.27 bits per heavy atom. The number of ether oxygens (including phenoxy) is 1. The van der Waals surface area contributed by atoms with Gasteiger partial charge in [-0.05, 0) is 19.8 Å². The van der Waals surface area contributed by atoms with Gasteiger partial charge in [-0.3, -0.25) is 4.79 Å². The van der Waals surface area contributed by atoms with Gasteiger partial charge in [0.15, 0.2) is 0 Å². The Labute approximate surface area is 92.8 Å². The van der Waals surface area contributed by atoms with Gasteiger partial charge >= 0.3 is 0 Å². The highest BCUT2D eigenvalue weighted by atomic mass is 16.5. The van der Waals surface area contributed by atoms with Crippen molar-refractivity contribution in [3.8, 4) is 0 Å². The lowest BCUT2D eigenvalue weighted by atomic mass is 10.1. The molecule has 0 saturated heterocycles. The molecule has 2 N–H and O–H groups in total. The quantitative estimate of drug-likeness (QED) is 0.618. The van der Waals surface area contributed by atoms with Gasteiger partial charge in [-0.25, -0.2) is 0 Å². The molecule has 4 heteroatoms. The summed E-state index contributed by atoms with van der Waals surface area (Å²) < 4.78 is 4.86. The predicted octanol–water partition coefficient (Wildman–Crippen LogP) is 0.772. The number of carbonyl (C=O) groups is 1. The Morgan fingerprint density at radius 2 is 1.87 bits per heavy atom. The zero-order valence-electron chi connectivity index (χ0n) is 10.5. The van der Waals surface area contributed by atoms with Crippen LogP contribution in [-0.4, -0.2) is 38.3 Å². The second-order valence-corrected chi connectivity index (χ2v) is 4.20. The van der Waals surface area contributed by atoms with Crippen molar-refractivity contribution in [2.24, 2.45) is 5.92 Å². The van der Waals surface area contributed by atoms with Crippen LogP contribution in [0.2, 0.25) is 0 Å². The van der Waals surface area contributed by atoms with Gasteiger partial charge in [-0.15, -0.1) is 0 Å². The summed E-state index contributed by atoms with van der Waals surface area (Å²) in [5.41, 5.74) is 0. The first-order chi connectivity index (χ1) is 6.99. The maximum absolute atomic E-state index is 11.5. The van der Waals surface area contributed by atoms with Gasteiger partial charge in [0, 0.05) is 19.7 Å². The van der Waals surface area contributed by atoms with Crippen LogP contribution in [0.15, 0.2) is 0 Å². The lowest BCUT2D eigenvalue weighted by Gasteiger charge is -2.22. The Bertz CT molecular complexity index is 183. The highest BCUT2D eigenvalue weighted by Crippen LogP contribution is 2.00. The van der Waals surface area contributed by atoms with E-state index in [1.165, 1.54) is 0 Å². The molecule has 0 bridgehead atoms. The number of nitrogens with one attached hydrogen (secondary N) is 2. The van der Waals surface area contributed by atoms with E-state index in [1.54, 1.807) is 7.11 Å². The SMILES string of the molecule is COCCNC(=O)C(C)NC(C)C(C)C. The Morgan fingerprint density at radius 3 is 2.33 bits per heavy atom. The van der Waals surface area contributed by atoms with E-state index >= 15 is 0 Å². The summed E-state index contributed by atoms with van der Waals surface area (Å²) in [6.07, 6.45) is 0. The Hall–Kier alpha value is -0.610. The molecule has 2 unspecified atom stereocenters. The van der Waals surface area contributed by atoms with E-state index in [0.29, 0.717) is 25.1 Å². The van der Waals surface area contributed by atoms with Crippen molar-refractivity contribution in [1.82, 2.24) is 10.6 Å². The van der Waals surface area contributed by atoms with Gasteiger partial charge in [0.2, 0.25) is 5.91 Å². The largest absolute Gasteiger partial charge is 0.383 e. The van der Waals surface area contributed by atoms with Gasteiger partial charge in [0.05, 0.1) is 12.6 Å². The fraction of sp³-hybridized carbons (Fsp3) is 0.909. The zero-order chi connectivity index (χ0) is 11.8. The molecule has 0 aliphatic carbocycles. The third-order valence-corrected chi connectivity index (χ3v) is 2.51. The summed E-state index contributed by atoms with van der Waals surface area (Å²) in [5, 5.41) is 6.05. The molecule has 0 aromatic rings. The molecule has 4 nitrogen and oxygen atoms in total. The standard InChI is InChI=1S/C11H24N2O2/c1-8(2)9(3)13-10(4)11(14)12-6-7-15-5/h8-10,13H,6-7H2,1-5H3,(H,12,14). The van der Waals surface area contributed by atoms with Gasteiger partial charge < -0.3 is 15.4 Å². The van der Waals surface area contributed by atoms with Crippen molar-refractivity contribution in [2.75, 3.05) is 20.3 Å².